The molecule has 1 aliphatic rings. The molecule has 2 N–H and O–H groups in total. The van der Waals surface area contributed by atoms with Gasteiger partial charge in [-0.1, -0.05) is 11.6 Å². The van der Waals surface area contributed by atoms with Crippen molar-refractivity contribution in [2.75, 3.05) is 37.6 Å². The molecule has 0 bridgehead atoms. The van der Waals surface area contributed by atoms with Gasteiger partial charge in [0.05, 0.1) is 6.20 Å². The monoisotopic (exact) mass is 269 g/mol. The summed E-state index contributed by atoms with van der Waals surface area (Å²) in [6.07, 6.45) is 3.18. The van der Waals surface area contributed by atoms with Crippen LogP contribution in [0.15, 0.2) is 12.5 Å². The van der Waals surface area contributed by atoms with E-state index in [2.05, 4.69) is 33.6 Å². The minimum Gasteiger partial charge on any atom is -0.353 e. The fourth-order valence-electron chi connectivity index (χ4n) is 2.19. The molecule has 0 spiro atoms. The lowest BCUT2D eigenvalue weighted by molar-refractivity contribution is 0.119. The van der Waals surface area contributed by atoms with Crippen molar-refractivity contribution in [1.82, 2.24) is 14.9 Å². The maximum Gasteiger partial charge on any atom is 0.150 e. The smallest absolute Gasteiger partial charge is 0.150 e. The number of piperazine rings is 1. The molecule has 1 aromatic heterocycles. The first-order valence-corrected chi connectivity index (χ1v) is 6.58. The first-order chi connectivity index (χ1) is 8.54. The van der Waals surface area contributed by atoms with E-state index in [4.69, 9.17) is 17.3 Å². The molecule has 0 atom stereocenters. The van der Waals surface area contributed by atoms with Crippen LogP contribution in [-0.4, -0.2) is 53.1 Å². The summed E-state index contributed by atoms with van der Waals surface area (Å²) in [7, 11) is 0. The summed E-state index contributed by atoms with van der Waals surface area (Å²) in [5, 5.41) is 0.615. The zero-order chi connectivity index (χ0) is 13.2. The van der Waals surface area contributed by atoms with E-state index in [1.807, 2.05) is 0 Å². The van der Waals surface area contributed by atoms with Gasteiger partial charge in [-0.25, -0.2) is 9.97 Å². The van der Waals surface area contributed by atoms with Gasteiger partial charge in [0.1, 0.15) is 11.3 Å². The summed E-state index contributed by atoms with van der Waals surface area (Å²) in [6, 6.07) is 0. The fourth-order valence-corrected chi connectivity index (χ4v) is 2.42. The average molecular weight is 270 g/mol. The Kier molecular flexibility index (Phi) is 4.04. The number of nitrogens with two attached hydrogens (primary N) is 1. The summed E-state index contributed by atoms with van der Waals surface area (Å²) >= 11 is 6.11. The average Bonchev–Trinajstić information content (AvgIpc) is 2.39. The number of aromatic nitrogens is 2. The Morgan fingerprint density at radius 3 is 2.56 bits per heavy atom. The number of hydrogen-bond donors (Lipinski definition) is 1. The van der Waals surface area contributed by atoms with Crippen LogP contribution in [0, 0.1) is 0 Å². The molecule has 1 aromatic rings. The predicted octanol–water partition coefficient (Wildman–Crippen LogP) is 0.989. The van der Waals surface area contributed by atoms with E-state index < -0.39 is 0 Å². The molecule has 0 aromatic carbocycles. The molecule has 1 fully saturated rings. The van der Waals surface area contributed by atoms with E-state index in [0.717, 1.165) is 32.0 Å². The second-order valence-corrected chi connectivity index (χ2v) is 5.59. The standard InChI is InChI=1S/C12H20ClN5/c1-12(2,8-14)18-5-3-17(4-6-18)11-10(13)7-15-9-16-11/h7,9H,3-6,8,14H2,1-2H3. The Hall–Kier alpha value is -0.910. The summed E-state index contributed by atoms with van der Waals surface area (Å²) in [5.41, 5.74) is 5.87. The lowest BCUT2D eigenvalue weighted by atomic mass is 10.0. The number of anilines is 1. The molecule has 100 valence electrons. The second-order valence-electron chi connectivity index (χ2n) is 5.18. The quantitative estimate of drug-likeness (QED) is 0.887. The zero-order valence-electron chi connectivity index (χ0n) is 10.9. The molecule has 1 saturated heterocycles. The fraction of sp³-hybridized carbons (Fsp3) is 0.667. The summed E-state index contributed by atoms with van der Waals surface area (Å²) in [4.78, 5) is 12.8. The van der Waals surface area contributed by atoms with Gasteiger partial charge >= 0.3 is 0 Å². The van der Waals surface area contributed by atoms with Crippen molar-refractivity contribution in [1.29, 1.82) is 0 Å². The normalized spacial score (nSPS) is 18.1. The summed E-state index contributed by atoms with van der Waals surface area (Å²) < 4.78 is 0. The zero-order valence-corrected chi connectivity index (χ0v) is 11.7. The molecule has 2 rings (SSSR count). The van der Waals surface area contributed by atoms with Gasteiger partial charge in [-0.2, -0.15) is 0 Å². The van der Waals surface area contributed by atoms with E-state index in [0.29, 0.717) is 11.6 Å². The van der Waals surface area contributed by atoms with Crippen LogP contribution in [0.2, 0.25) is 5.02 Å². The molecular weight excluding hydrogens is 250 g/mol. The molecular formula is C12H20ClN5. The third-order valence-corrected chi connectivity index (χ3v) is 3.85. The van der Waals surface area contributed by atoms with Gasteiger partial charge in [0.25, 0.3) is 0 Å². The maximum absolute atomic E-state index is 6.11. The first-order valence-electron chi connectivity index (χ1n) is 6.20. The number of rotatable bonds is 3. The highest BCUT2D eigenvalue weighted by molar-refractivity contribution is 6.32. The molecule has 1 aliphatic heterocycles. The Morgan fingerprint density at radius 1 is 1.33 bits per heavy atom. The van der Waals surface area contributed by atoms with Crippen LogP contribution >= 0.6 is 11.6 Å². The molecule has 0 aliphatic carbocycles. The van der Waals surface area contributed by atoms with Crippen LogP contribution < -0.4 is 10.6 Å². The van der Waals surface area contributed by atoms with Gasteiger partial charge < -0.3 is 10.6 Å². The molecule has 0 unspecified atom stereocenters. The van der Waals surface area contributed by atoms with E-state index in [9.17, 15) is 0 Å². The van der Waals surface area contributed by atoms with Crippen molar-refractivity contribution in [3.8, 4) is 0 Å². The van der Waals surface area contributed by atoms with Gasteiger partial charge in [-0.15, -0.1) is 0 Å². The van der Waals surface area contributed by atoms with E-state index in [1.165, 1.54) is 6.33 Å². The van der Waals surface area contributed by atoms with Crippen LogP contribution in [0.3, 0.4) is 0 Å². The lowest BCUT2D eigenvalue weighted by Gasteiger charge is -2.43. The van der Waals surface area contributed by atoms with Gasteiger partial charge in [-0.3, -0.25) is 4.90 Å². The highest BCUT2D eigenvalue weighted by atomic mass is 35.5. The largest absolute Gasteiger partial charge is 0.353 e. The number of hydrogen-bond acceptors (Lipinski definition) is 5. The molecule has 0 amide bonds. The van der Waals surface area contributed by atoms with Crippen LogP contribution in [0.1, 0.15) is 13.8 Å². The Bertz CT molecular complexity index is 401. The van der Waals surface area contributed by atoms with Gasteiger partial charge in [0.2, 0.25) is 0 Å². The molecule has 0 radical (unpaired) electrons. The topological polar surface area (TPSA) is 58.3 Å². The SMILES string of the molecule is CC(C)(CN)N1CCN(c2ncncc2Cl)CC1. The van der Waals surface area contributed by atoms with Crippen molar-refractivity contribution in [3.63, 3.8) is 0 Å². The minimum absolute atomic E-state index is 0.0571. The molecule has 5 nitrogen and oxygen atoms in total. The number of nitrogens with zero attached hydrogens (tertiary/aromatic N) is 4. The van der Waals surface area contributed by atoms with Crippen molar-refractivity contribution >= 4 is 17.4 Å². The summed E-state index contributed by atoms with van der Waals surface area (Å²) in [6.45, 7) is 8.82. The first kappa shape index (κ1) is 13.5. The van der Waals surface area contributed by atoms with Crippen LogP contribution in [0.4, 0.5) is 5.82 Å². The van der Waals surface area contributed by atoms with Crippen LogP contribution in [-0.2, 0) is 0 Å². The second kappa shape index (κ2) is 5.38. The Morgan fingerprint density at radius 2 is 2.00 bits per heavy atom. The number of halogens is 1. The lowest BCUT2D eigenvalue weighted by Crippen LogP contribution is -2.57. The third kappa shape index (κ3) is 2.74. The Labute approximate surface area is 113 Å². The predicted molar refractivity (Wildman–Crippen MR) is 74.0 cm³/mol. The maximum atomic E-state index is 6.11. The van der Waals surface area contributed by atoms with E-state index >= 15 is 0 Å². The highest BCUT2D eigenvalue weighted by Crippen LogP contribution is 2.24. The van der Waals surface area contributed by atoms with Gasteiger partial charge in [-0.05, 0) is 13.8 Å². The van der Waals surface area contributed by atoms with Crippen LogP contribution in [0.25, 0.3) is 0 Å². The molecule has 6 heteroatoms. The van der Waals surface area contributed by atoms with Crippen molar-refractivity contribution < 1.29 is 0 Å². The van der Waals surface area contributed by atoms with E-state index in [-0.39, 0.29) is 5.54 Å². The molecule has 18 heavy (non-hydrogen) atoms. The van der Waals surface area contributed by atoms with Crippen LogP contribution in [0.5, 0.6) is 0 Å². The van der Waals surface area contributed by atoms with Gasteiger partial charge in [0.15, 0.2) is 5.82 Å². The third-order valence-electron chi connectivity index (χ3n) is 3.58. The summed E-state index contributed by atoms with van der Waals surface area (Å²) in [5.74, 6) is 0.830. The van der Waals surface area contributed by atoms with Crippen molar-refractivity contribution in [3.05, 3.63) is 17.5 Å². The van der Waals surface area contributed by atoms with E-state index in [1.54, 1.807) is 6.20 Å². The minimum atomic E-state index is 0.0571. The van der Waals surface area contributed by atoms with Crippen molar-refractivity contribution in [2.45, 2.75) is 19.4 Å². The Balaban J connectivity index is 2.01. The highest BCUT2D eigenvalue weighted by Gasteiger charge is 2.29. The van der Waals surface area contributed by atoms with Gasteiger partial charge in [0, 0.05) is 38.3 Å². The van der Waals surface area contributed by atoms with Crippen molar-refractivity contribution in [2.24, 2.45) is 5.73 Å². The molecule has 2 heterocycles. The molecule has 0 saturated carbocycles.